The lowest BCUT2D eigenvalue weighted by molar-refractivity contribution is -0.148. The summed E-state index contributed by atoms with van der Waals surface area (Å²) < 4.78 is 14.4. The smallest absolute Gasteiger partial charge is 0.308 e. The molecule has 3 heterocycles. The molecule has 2 aromatic heterocycles. The molecule has 3 fully saturated rings. The lowest BCUT2D eigenvalue weighted by atomic mass is 9.61. The van der Waals surface area contributed by atoms with E-state index in [4.69, 9.17) is 11.6 Å². The minimum absolute atomic E-state index is 0.0138. The van der Waals surface area contributed by atoms with Gasteiger partial charge in [0.1, 0.15) is 5.71 Å². The van der Waals surface area contributed by atoms with E-state index in [0.29, 0.717) is 22.1 Å². The molecule has 2 unspecified atom stereocenters. The second-order valence-corrected chi connectivity index (χ2v) is 8.02. The van der Waals surface area contributed by atoms with E-state index in [9.17, 15) is 14.3 Å². The minimum atomic E-state index is -0.834. The molecule has 7 nitrogen and oxygen atoms in total. The Labute approximate surface area is 165 Å². The average Bonchev–Trinajstić information content (AvgIpc) is 2.67. The number of nitrogens with zero attached hydrogens (tertiary/aromatic N) is 4. The van der Waals surface area contributed by atoms with Crippen LogP contribution in [0, 0.1) is 23.6 Å². The maximum atomic E-state index is 14.4. The molecule has 0 radical (unpaired) electrons. The molecule has 0 aromatic carbocycles. The lowest BCUT2D eigenvalue weighted by Gasteiger charge is -2.47. The van der Waals surface area contributed by atoms with Crippen molar-refractivity contribution in [2.75, 3.05) is 5.32 Å². The van der Waals surface area contributed by atoms with E-state index in [-0.39, 0.29) is 29.5 Å². The number of fused-ring (bicyclic) bond motifs is 4. The van der Waals surface area contributed by atoms with Crippen LogP contribution < -0.4 is 5.32 Å². The molecular formula is C19H17ClFN5O2. The van der Waals surface area contributed by atoms with Gasteiger partial charge < -0.3 is 10.4 Å². The maximum absolute atomic E-state index is 14.4. The van der Waals surface area contributed by atoms with Gasteiger partial charge >= 0.3 is 5.97 Å². The van der Waals surface area contributed by atoms with Crippen molar-refractivity contribution in [1.82, 2.24) is 15.0 Å². The Hall–Kier alpha value is -2.61. The number of pyridine rings is 1. The molecule has 2 atom stereocenters. The van der Waals surface area contributed by atoms with Gasteiger partial charge in [0.25, 0.3) is 0 Å². The molecule has 2 bridgehead atoms. The Balaban J connectivity index is 1.45. The fraction of sp³-hybridized carbons (Fsp3) is 0.421. The van der Waals surface area contributed by atoms with Gasteiger partial charge in [0.05, 0.1) is 22.7 Å². The topological polar surface area (TPSA) is 100 Å². The van der Waals surface area contributed by atoms with Gasteiger partial charge in [0.2, 0.25) is 0 Å². The third kappa shape index (κ3) is 2.74. The predicted molar refractivity (Wildman–Crippen MR) is 101 cm³/mol. The third-order valence-electron chi connectivity index (χ3n) is 6.07. The molecule has 2 N–H and O–H groups in total. The number of carbonyl (C=O) groups is 1. The third-order valence-corrected chi connectivity index (χ3v) is 6.28. The molecule has 1 aliphatic heterocycles. The standard InChI is InChI=1S/C19H17ClFN5O2/c20-10-5-11-15(25-16(11)22-6-10)18-23-7-12(21)17(26-18)24-14-9-3-1-8(2-4-9)13(14)19(27)28/h5-9,13-14H,1-4H2,(H,27,28)(H,23,24,26). The number of hydrogen-bond acceptors (Lipinski definition) is 6. The number of halogens is 2. The summed E-state index contributed by atoms with van der Waals surface area (Å²) in [5.41, 5.74) is 1.21. The summed E-state index contributed by atoms with van der Waals surface area (Å²) in [6, 6.07) is 1.38. The molecule has 3 aliphatic carbocycles. The van der Waals surface area contributed by atoms with Crippen LogP contribution in [-0.2, 0) is 4.79 Å². The molecule has 0 amide bonds. The summed E-state index contributed by atoms with van der Waals surface area (Å²) in [4.78, 5) is 28.5. The first-order valence-corrected chi connectivity index (χ1v) is 9.66. The van der Waals surface area contributed by atoms with Gasteiger partial charge in [-0.05, 0) is 43.6 Å². The molecule has 144 valence electrons. The van der Waals surface area contributed by atoms with Crippen LogP contribution in [0.5, 0.6) is 0 Å². The van der Waals surface area contributed by atoms with Crippen molar-refractivity contribution in [3.63, 3.8) is 0 Å². The van der Waals surface area contributed by atoms with E-state index >= 15 is 0 Å². The number of aliphatic imine (C=N–C) groups is 1. The van der Waals surface area contributed by atoms with Gasteiger partial charge in [0, 0.05) is 12.2 Å². The molecule has 0 saturated heterocycles. The van der Waals surface area contributed by atoms with Gasteiger partial charge in [-0.15, -0.1) is 0 Å². The molecular weight excluding hydrogens is 385 g/mol. The summed E-state index contributed by atoms with van der Waals surface area (Å²) in [6.07, 6.45) is 6.33. The van der Waals surface area contributed by atoms with Gasteiger partial charge in [-0.2, -0.15) is 0 Å². The van der Waals surface area contributed by atoms with Crippen LogP contribution in [-0.4, -0.2) is 37.8 Å². The SMILES string of the molecule is O=C(O)C1C2CCC(CC2)C1Nc1nc(C2=Nc3ncc(Cl)cc32)ncc1F. The number of anilines is 1. The number of rotatable bonds is 4. The Morgan fingerprint density at radius 2 is 1.93 bits per heavy atom. The molecule has 0 spiro atoms. The Bertz CT molecular complexity index is 1010. The highest BCUT2D eigenvalue weighted by molar-refractivity contribution is 6.31. The minimum Gasteiger partial charge on any atom is -0.481 e. The van der Waals surface area contributed by atoms with Gasteiger partial charge in [-0.3, -0.25) is 4.79 Å². The highest BCUT2D eigenvalue weighted by Crippen LogP contribution is 2.46. The Morgan fingerprint density at radius 1 is 1.18 bits per heavy atom. The molecule has 3 saturated carbocycles. The lowest BCUT2D eigenvalue weighted by Crippen LogP contribution is -2.51. The first-order chi connectivity index (χ1) is 13.5. The second kappa shape index (κ2) is 6.48. The van der Waals surface area contributed by atoms with E-state index in [1.165, 1.54) is 6.20 Å². The van der Waals surface area contributed by atoms with Crippen LogP contribution >= 0.6 is 11.6 Å². The molecule has 9 heteroatoms. The van der Waals surface area contributed by atoms with E-state index in [1.807, 2.05) is 0 Å². The largest absolute Gasteiger partial charge is 0.481 e. The monoisotopic (exact) mass is 401 g/mol. The van der Waals surface area contributed by atoms with E-state index < -0.39 is 17.7 Å². The average molecular weight is 402 g/mol. The molecule has 28 heavy (non-hydrogen) atoms. The first kappa shape index (κ1) is 17.5. The van der Waals surface area contributed by atoms with E-state index in [1.54, 1.807) is 6.07 Å². The fourth-order valence-corrected chi connectivity index (χ4v) is 4.89. The summed E-state index contributed by atoms with van der Waals surface area (Å²) >= 11 is 5.98. The molecule has 2 aromatic rings. The summed E-state index contributed by atoms with van der Waals surface area (Å²) in [5, 5.41) is 13.3. The number of aromatic nitrogens is 3. The van der Waals surface area contributed by atoms with E-state index in [0.717, 1.165) is 31.9 Å². The summed E-state index contributed by atoms with van der Waals surface area (Å²) in [5.74, 6) is -0.840. The highest BCUT2D eigenvalue weighted by Gasteiger charge is 2.47. The predicted octanol–water partition coefficient (Wildman–Crippen LogP) is 3.45. The van der Waals surface area contributed by atoms with Crippen LogP contribution in [0.3, 0.4) is 0 Å². The first-order valence-electron chi connectivity index (χ1n) is 9.28. The van der Waals surface area contributed by atoms with Crippen molar-refractivity contribution >= 4 is 34.9 Å². The van der Waals surface area contributed by atoms with Crippen LogP contribution in [0.25, 0.3) is 0 Å². The van der Waals surface area contributed by atoms with Crippen molar-refractivity contribution in [1.29, 1.82) is 0 Å². The number of aliphatic carboxylic acids is 1. The molecule has 6 rings (SSSR count). The summed E-state index contributed by atoms with van der Waals surface area (Å²) in [7, 11) is 0. The van der Waals surface area contributed by atoms with Crippen molar-refractivity contribution in [2.45, 2.75) is 31.7 Å². The maximum Gasteiger partial charge on any atom is 0.308 e. The normalized spacial score (nSPS) is 27.6. The van der Waals surface area contributed by atoms with Crippen molar-refractivity contribution in [2.24, 2.45) is 22.7 Å². The van der Waals surface area contributed by atoms with Gasteiger partial charge in [0.15, 0.2) is 23.3 Å². The Morgan fingerprint density at radius 3 is 2.68 bits per heavy atom. The molecule has 4 aliphatic rings. The van der Waals surface area contributed by atoms with Crippen LogP contribution in [0.2, 0.25) is 5.02 Å². The van der Waals surface area contributed by atoms with Crippen LogP contribution in [0.1, 0.15) is 37.1 Å². The van der Waals surface area contributed by atoms with Gasteiger partial charge in [-0.25, -0.2) is 24.3 Å². The second-order valence-electron chi connectivity index (χ2n) is 7.58. The zero-order valence-electron chi connectivity index (χ0n) is 14.8. The highest BCUT2D eigenvalue weighted by atomic mass is 35.5. The Kier molecular flexibility index (Phi) is 4.04. The van der Waals surface area contributed by atoms with Gasteiger partial charge in [-0.1, -0.05) is 11.6 Å². The quantitative estimate of drug-likeness (QED) is 0.694. The number of carboxylic acids is 1. The van der Waals surface area contributed by atoms with Crippen molar-refractivity contribution in [3.8, 4) is 0 Å². The zero-order valence-corrected chi connectivity index (χ0v) is 15.5. The van der Waals surface area contributed by atoms with Crippen molar-refractivity contribution in [3.05, 3.63) is 40.7 Å². The number of carboxylic acid groups (broad SMARTS) is 1. The summed E-state index contributed by atoms with van der Waals surface area (Å²) in [6.45, 7) is 0. The zero-order chi connectivity index (χ0) is 19.4. The van der Waals surface area contributed by atoms with Crippen molar-refractivity contribution < 1.29 is 14.3 Å². The van der Waals surface area contributed by atoms with Crippen LogP contribution in [0.15, 0.2) is 23.5 Å². The van der Waals surface area contributed by atoms with E-state index in [2.05, 4.69) is 25.3 Å². The number of hydrogen-bond donors (Lipinski definition) is 2. The number of nitrogens with one attached hydrogen (secondary N) is 1. The fourth-order valence-electron chi connectivity index (χ4n) is 4.73. The van der Waals surface area contributed by atoms with Crippen LogP contribution in [0.4, 0.5) is 16.0 Å².